The molecule has 6 N–H and O–H groups in total. The Bertz CT molecular complexity index is 224. The Morgan fingerprint density at radius 1 is 0.571 bits per heavy atom. The van der Waals surface area contributed by atoms with Gasteiger partial charge in [0.1, 0.15) is 0 Å². The third-order valence-corrected chi connectivity index (χ3v) is 3.01. The molecule has 0 rings (SSSR count). The van der Waals surface area contributed by atoms with Crippen molar-refractivity contribution in [2.45, 2.75) is 70.6 Å². The molecule has 0 radical (unpaired) electrons. The molecule has 0 aromatic carbocycles. The first kappa shape index (κ1) is 22.1. The van der Waals surface area contributed by atoms with Gasteiger partial charge in [-0.15, -0.1) is 0 Å². The van der Waals surface area contributed by atoms with Crippen molar-refractivity contribution in [3.8, 4) is 0 Å². The van der Waals surface area contributed by atoms with Crippen molar-refractivity contribution in [3.05, 3.63) is 0 Å². The number of unbranched alkanes of at least 4 members (excludes halogenated alkanes) is 7. The van der Waals surface area contributed by atoms with E-state index in [0.29, 0.717) is 12.8 Å². The maximum atomic E-state index is 9.77. The summed E-state index contributed by atoms with van der Waals surface area (Å²) in [5.74, 6) is -2.28. The van der Waals surface area contributed by atoms with Crippen LogP contribution in [0.2, 0.25) is 0 Å². The van der Waals surface area contributed by atoms with Crippen molar-refractivity contribution in [2.24, 2.45) is 0 Å². The van der Waals surface area contributed by atoms with Crippen LogP contribution in [0.15, 0.2) is 0 Å². The van der Waals surface area contributed by atoms with Crippen LogP contribution < -0.4 is 21.7 Å². The van der Waals surface area contributed by atoms with Gasteiger partial charge in [-0.2, -0.15) is 0 Å². The van der Waals surface area contributed by atoms with Crippen LogP contribution in [0.3, 0.4) is 0 Å². The van der Waals surface area contributed by atoms with E-state index < -0.39 is 11.9 Å². The molecule has 0 aliphatic carbocycles. The molecule has 0 aromatic rings. The lowest BCUT2D eigenvalue weighted by atomic mass is 10.1. The van der Waals surface area contributed by atoms with E-state index in [0.717, 1.165) is 13.1 Å². The smallest absolute Gasteiger partial charge is 0.0739 e. The number of carbonyl (C=O) groups excluding carboxylic acids is 2. The topological polar surface area (TPSA) is 136 Å². The highest BCUT2D eigenvalue weighted by Gasteiger charge is 1.90. The summed E-state index contributed by atoms with van der Waals surface area (Å²) in [6.07, 6.45) is 10.2. The Labute approximate surface area is 127 Å². The highest BCUT2D eigenvalue weighted by molar-refractivity contribution is 5.65. The van der Waals surface area contributed by atoms with E-state index in [4.69, 9.17) is 0 Å². The lowest BCUT2D eigenvalue weighted by Gasteiger charge is -2.01. The van der Waals surface area contributed by atoms with Crippen LogP contribution in [0.1, 0.15) is 70.6 Å². The normalized spacial score (nSPS) is 9.81. The molecule has 0 unspecified atom stereocenters. The van der Waals surface area contributed by atoms with Gasteiger partial charge in [0, 0.05) is 11.9 Å². The standard InChI is InChI=1S/C9H22N2.C6H10O4/c10-8-6-4-2-1-3-5-7-9-11;7-5(8)3-1-2-4-6(9)10/h1-11H2;1-4H2,(H,7,8)(H,9,10). The van der Waals surface area contributed by atoms with E-state index in [9.17, 15) is 19.8 Å². The number of hydrogen-bond donors (Lipinski definition) is 2. The van der Waals surface area contributed by atoms with E-state index in [2.05, 4.69) is 11.5 Å². The summed E-state index contributed by atoms with van der Waals surface area (Å²) in [6.45, 7) is 2.22. The molecule has 6 nitrogen and oxygen atoms in total. The summed E-state index contributed by atoms with van der Waals surface area (Å²) in [5.41, 5.74) is 7.65. The fraction of sp³-hybridized carbons (Fsp3) is 0.867. The van der Waals surface area contributed by atoms with Gasteiger partial charge >= 0.3 is 0 Å². The lowest BCUT2D eigenvalue weighted by molar-refractivity contribution is -0.368. The fourth-order valence-corrected chi connectivity index (χ4v) is 1.78. The molecule has 0 bridgehead atoms. The second kappa shape index (κ2) is 18.9. The second-order valence-corrected chi connectivity index (χ2v) is 5.13. The van der Waals surface area contributed by atoms with Crippen LogP contribution in [-0.2, 0) is 9.59 Å². The number of carboxylic acid groups (broad SMARTS) is 2. The molecule has 0 aliphatic rings. The van der Waals surface area contributed by atoms with E-state index in [1.807, 2.05) is 0 Å². The molecule has 6 heteroatoms. The van der Waals surface area contributed by atoms with Crippen molar-refractivity contribution in [1.29, 1.82) is 0 Å². The molecule has 0 saturated carbocycles. The Morgan fingerprint density at radius 2 is 0.857 bits per heavy atom. The predicted molar refractivity (Wildman–Crippen MR) is 76.3 cm³/mol. The van der Waals surface area contributed by atoms with Crippen molar-refractivity contribution >= 4 is 11.9 Å². The SMILES string of the molecule is O=C([O-])CCCCC(=O)[O-].[NH3+]CCCCCCCCC[NH3+]. The maximum absolute atomic E-state index is 9.77. The van der Waals surface area contributed by atoms with Gasteiger partial charge in [0.05, 0.1) is 13.1 Å². The molecule has 0 fully saturated rings. The van der Waals surface area contributed by atoms with Gasteiger partial charge < -0.3 is 31.3 Å². The van der Waals surface area contributed by atoms with Gasteiger partial charge in [0.15, 0.2) is 0 Å². The zero-order valence-corrected chi connectivity index (χ0v) is 13.2. The van der Waals surface area contributed by atoms with Crippen molar-refractivity contribution < 1.29 is 31.3 Å². The minimum absolute atomic E-state index is 0.0761. The number of hydrogen-bond acceptors (Lipinski definition) is 4. The molecule has 126 valence electrons. The highest BCUT2D eigenvalue weighted by atomic mass is 16.4. The van der Waals surface area contributed by atoms with E-state index in [1.165, 1.54) is 44.9 Å². The molecule has 0 spiro atoms. The Hall–Kier alpha value is -1.14. The third kappa shape index (κ3) is 27.9. The Kier molecular flexibility index (Phi) is 19.9. The van der Waals surface area contributed by atoms with Crippen LogP contribution >= 0.6 is 0 Å². The van der Waals surface area contributed by atoms with Gasteiger partial charge in [0.2, 0.25) is 0 Å². The van der Waals surface area contributed by atoms with Gasteiger partial charge in [0.25, 0.3) is 0 Å². The number of aliphatic carboxylic acids is 2. The summed E-state index contributed by atoms with van der Waals surface area (Å²) in [6, 6.07) is 0. The monoisotopic (exact) mass is 304 g/mol. The molecule has 0 amide bonds. The number of carboxylic acids is 2. The summed E-state index contributed by atoms with van der Waals surface area (Å²) >= 11 is 0. The zero-order chi connectivity index (χ0) is 16.3. The molecule has 0 heterocycles. The van der Waals surface area contributed by atoms with E-state index in [-0.39, 0.29) is 12.8 Å². The zero-order valence-electron chi connectivity index (χ0n) is 13.2. The summed E-state index contributed by atoms with van der Waals surface area (Å²) in [4.78, 5) is 19.5. The van der Waals surface area contributed by atoms with Gasteiger partial charge in [-0.05, 0) is 51.4 Å². The summed E-state index contributed by atoms with van der Waals surface area (Å²) in [7, 11) is 0. The number of quaternary nitrogens is 2. The first-order valence-corrected chi connectivity index (χ1v) is 8.02. The third-order valence-electron chi connectivity index (χ3n) is 3.01. The van der Waals surface area contributed by atoms with Crippen LogP contribution in [-0.4, -0.2) is 25.0 Å². The molecule has 0 saturated heterocycles. The van der Waals surface area contributed by atoms with Crippen molar-refractivity contribution in [2.75, 3.05) is 13.1 Å². The van der Waals surface area contributed by atoms with Crippen molar-refractivity contribution in [1.82, 2.24) is 0 Å². The van der Waals surface area contributed by atoms with E-state index >= 15 is 0 Å². The van der Waals surface area contributed by atoms with Crippen LogP contribution in [0.4, 0.5) is 0 Å². The van der Waals surface area contributed by atoms with Crippen molar-refractivity contribution in [3.63, 3.8) is 0 Å². The first-order chi connectivity index (χ1) is 10.0. The van der Waals surface area contributed by atoms with E-state index in [1.54, 1.807) is 0 Å². The number of carbonyl (C=O) groups is 2. The van der Waals surface area contributed by atoms with Gasteiger partial charge in [-0.25, -0.2) is 0 Å². The average Bonchev–Trinajstić information content (AvgIpc) is 2.43. The minimum Gasteiger partial charge on any atom is -0.550 e. The highest BCUT2D eigenvalue weighted by Crippen LogP contribution is 2.05. The largest absolute Gasteiger partial charge is 0.550 e. The molecule has 0 atom stereocenters. The quantitative estimate of drug-likeness (QED) is 0.390. The van der Waals surface area contributed by atoms with Crippen LogP contribution in [0.25, 0.3) is 0 Å². The van der Waals surface area contributed by atoms with Crippen LogP contribution in [0, 0.1) is 0 Å². The molecule has 0 aromatic heterocycles. The summed E-state index contributed by atoms with van der Waals surface area (Å²) in [5, 5.41) is 19.5. The molecular weight excluding hydrogens is 272 g/mol. The Morgan fingerprint density at radius 3 is 1.10 bits per heavy atom. The predicted octanol–water partition coefficient (Wildman–Crippen LogP) is -1.75. The fourth-order valence-electron chi connectivity index (χ4n) is 1.78. The minimum atomic E-state index is -1.14. The number of rotatable bonds is 13. The summed E-state index contributed by atoms with van der Waals surface area (Å²) < 4.78 is 0. The molecular formula is C15H32N2O4. The van der Waals surface area contributed by atoms with Gasteiger partial charge in [-0.3, -0.25) is 0 Å². The first-order valence-electron chi connectivity index (χ1n) is 8.02. The lowest BCUT2D eigenvalue weighted by Crippen LogP contribution is -2.50. The Balaban J connectivity index is 0. The maximum Gasteiger partial charge on any atom is 0.0739 e. The van der Waals surface area contributed by atoms with Crippen LogP contribution in [0.5, 0.6) is 0 Å². The molecule has 0 aliphatic heterocycles. The second-order valence-electron chi connectivity index (χ2n) is 5.13. The van der Waals surface area contributed by atoms with Gasteiger partial charge in [-0.1, -0.05) is 19.3 Å². The average molecular weight is 304 g/mol. The molecule has 21 heavy (non-hydrogen) atoms.